The van der Waals surface area contributed by atoms with E-state index in [-0.39, 0.29) is 5.50 Å². The van der Waals surface area contributed by atoms with E-state index >= 15 is 0 Å². The predicted octanol–water partition coefficient (Wildman–Crippen LogP) is 1.19. The minimum atomic E-state index is -3.29. The van der Waals surface area contributed by atoms with Crippen molar-refractivity contribution in [3.8, 4) is 6.19 Å². The Hall–Kier alpha value is -1.59. The van der Waals surface area contributed by atoms with Crippen LogP contribution in [0, 0.1) is 11.5 Å². The van der Waals surface area contributed by atoms with Crippen molar-refractivity contribution in [3.05, 3.63) is 24.3 Å². The summed E-state index contributed by atoms with van der Waals surface area (Å²) in [5.41, 5.74) is 0.925. The number of nitrogens with zero attached hydrogens (tertiary/aromatic N) is 1. The first-order valence-electron chi connectivity index (χ1n) is 4.96. The molecule has 6 nitrogen and oxygen atoms in total. The van der Waals surface area contributed by atoms with Crippen molar-refractivity contribution in [1.29, 1.82) is 5.26 Å². The van der Waals surface area contributed by atoms with Gasteiger partial charge in [-0.3, -0.25) is 10.0 Å². The smallest absolute Gasteiger partial charge is 0.229 e. The molecule has 1 aromatic rings. The van der Waals surface area contributed by atoms with Gasteiger partial charge in [0.2, 0.25) is 10.0 Å². The summed E-state index contributed by atoms with van der Waals surface area (Å²) in [7, 11) is -3.29. The molecule has 0 saturated heterocycles. The van der Waals surface area contributed by atoms with Gasteiger partial charge in [0.25, 0.3) is 0 Å². The number of hydrogen-bond acceptors (Lipinski definition) is 6. The van der Waals surface area contributed by atoms with Gasteiger partial charge in [-0.2, -0.15) is 5.26 Å². The molecule has 0 fully saturated rings. The van der Waals surface area contributed by atoms with E-state index in [1.54, 1.807) is 24.3 Å². The maximum atomic E-state index is 11.1. The predicted molar refractivity (Wildman–Crippen MR) is 74.6 cm³/mol. The molecule has 0 aliphatic rings. The Balaban J connectivity index is 2.79. The molecular formula is C10H14N4O2S2. The lowest BCUT2D eigenvalue weighted by Crippen LogP contribution is -2.29. The van der Waals surface area contributed by atoms with E-state index in [1.165, 1.54) is 11.8 Å². The number of nitrogens with one attached hydrogen (secondary N) is 3. The van der Waals surface area contributed by atoms with Crippen molar-refractivity contribution >= 4 is 33.2 Å². The van der Waals surface area contributed by atoms with Crippen molar-refractivity contribution in [2.45, 2.75) is 5.50 Å². The molecule has 0 heterocycles. The molecule has 3 N–H and O–H groups in total. The fraction of sp³-hybridized carbons (Fsp3) is 0.300. The van der Waals surface area contributed by atoms with Crippen LogP contribution in [0.25, 0.3) is 0 Å². The van der Waals surface area contributed by atoms with Gasteiger partial charge in [0.15, 0.2) is 11.7 Å². The molecule has 0 radical (unpaired) electrons. The van der Waals surface area contributed by atoms with Crippen LogP contribution in [0.3, 0.4) is 0 Å². The van der Waals surface area contributed by atoms with Crippen LogP contribution >= 0.6 is 11.8 Å². The van der Waals surface area contributed by atoms with Gasteiger partial charge in [0.1, 0.15) is 0 Å². The molecule has 0 amide bonds. The topological polar surface area (TPSA) is 94.0 Å². The van der Waals surface area contributed by atoms with Gasteiger partial charge >= 0.3 is 0 Å². The molecule has 1 atom stereocenters. The molecule has 0 aliphatic heterocycles. The van der Waals surface area contributed by atoms with Crippen molar-refractivity contribution in [3.63, 3.8) is 0 Å². The second-order valence-corrected chi connectivity index (χ2v) is 6.16. The maximum absolute atomic E-state index is 11.1. The Morgan fingerprint density at radius 3 is 2.61 bits per heavy atom. The lowest BCUT2D eigenvalue weighted by atomic mass is 10.3. The zero-order chi connectivity index (χ0) is 13.6. The summed E-state index contributed by atoms with van der Waals surface area (Å²) in [6.45, 7) is 0. The number of sulfonamides is 1. The molecule has 1 aromatic carbocycles. The number of thioether (sulfide) groups is 1. The molecule has 0 saturated carbocycles. The third-order valence-electron chi connectivity index (χ3n) is 1.89. The van der Waals surface area contributed by atoms with Crippen LogP contribution < -0.4 is 15.4 Å². The molecule has 98 valence electrons. The van der Waals surface area contributed by atoms with E-state index in [9.17, 15) is 8.42 Å². The molecule has 0 aliphatic carbocycles. The molecule has 0 bridgehead atoms. The van der Waals surface area contributed by atoms with Gasteiger partial charge in [-0.1, -0.05) is 6.07 Å². The Bertz CT molecular complexity index is 539. The fourth-order valence-corrected chi connectivity index (χ4v) is 2.23. The van der Waals surface area contributed by atoms with Crippen LogP contribution in [0.15, 0.2) is 24.3 Å². The molecule has 0 aromatic heterocycles. The number of rotatable bonds is 6. The largest absolute Gasteiger partial charge is 0.356 e. The summed E-state index contributed by atoms with van der Waals surface area (Å²) in [5.74, 6) is 0. The average molecular weight is 286 g/mol. The van der Waals surface area contributed by atoms with Crippen LogP contribution in [-0.4, -0.2) is 26.4 Å². The summed E-state index contributed by atoms with van der Waals surface area (Å²) < 4.78 is 24.6. The fourth-order valence-electron chi connectivity index (χ4n) is 1.25. The van der Waals surface area contributed by atoms with E-state index in [1.807, 2.05) is 12.4 Å². The van der Waals surface area contributed by atoms with E-state index in [4.69, 9.17) is 5.26 Å². The summed E-state index contributed by atoms with van der Waals surface area (Å²) in [6, 6.07) is 6.82. The van der Waals surface area contributed by atoms with Crippen molar-refractivity contribution < 1.29 is 8.42 Å². The normalized spacial score (nSPS) is 12.3. The third kappa shape index (κ3) is 5.16. The summed E-state index contributed by atoms with van der Waals surface area (Å²) >= 11 is 1.42. The number of nitriles is 1. The van der Waals surface area contributed by atoms with E-state index < -0.39 is 10.0 Å². The molecular weight excluding hydrogens is 272 g/mol. The highest BCUT2D eigenvalue weighted by molar-refractivity contribution is 7.99. The third-order valence-corrected chi connectivity index (χ3v) is 3.21. The summed E-state index contributed by atoms with van der Waals surface area (Å²) in [6.07, 6.45) is 4.79. The quantitative estimate of drug-likeness (QED) is 0.413. The molecule has 18 heavy (non-hydrogen) atoms. The average Bonchev–Trinajstić information content (AvgIpc) is 2.26. The first kappa shape index (κ1) is 14.5. The molecule has 0 spiro atoms. The standard InChI is InChI=1S/C10H14N4O2S2/c1-17-10(12-7-11)13-8-4-3-5-9(6-8)14-18(2,15)16/h3-6,10,12-14H,1-2H3. The Morgan fingerprint density at radius 1 is 1.39 bits per heavy atom. The zero-order valence-corrected chi connectivity index (χ0v) is 11.6. The first-order chi connectivity index (χ1) is 8.44. The summed E-state index contributed by atoms with van der Waals surface area (Å²) in [5, 5.41) is 14.2. The zero-order valence-electron chi connectivity index (χ0n) is 9.97. The Morgan fingerprint density at radius 2 is 2.06 bits per heavy atom. The lowest BCUT2D eigenvalue weighted by molar-refractivity contribution is 0.607. The number of hydrogen-bond donors (Lipinski definition) is 3. The monoisotopic (exact) mass is 286 g/mol. The Kier molecular flexibility index (Phi) is 5.12. The van der Waals surface area contributed by atoms with Crippen molar-refractivity contribution in [1.82, 2.24) is 5.32 Å². The van der Waals surface area contributed by atoms with Crippen LogP contribution in [0.5, 0.6) is 0 Å². The second-order valence-electron chi connectivity index (χ2n) is 3.47. The molecule has 1 rings (SSSR count). The van der Waals surface area contributed by atoms with Crippen molar-refractivity contribution in [2.24, 2.45) is 0 Å². The van der Waals surface area contributed by atoms with Crippen molar-refractivity contribution in [2.75, 3.05) is 22.6 Å². The van der Waals surface area contributed by atoms with Gasteiger partial charge in [-0.15, -0.1) is 11.8 Å². The lowest BCUT2D eigenvalue weighted by Gasteiger charge is -2.16. The van der Waals surface area contributed by atoms with Crippen LogP contribution in [0.1, 0.15) is 0 Å². The molecule has 1 unspecified atom stereocenters. The maximum Gasteiger partial charge on any atom is 0.229 e. The van der Waals surface area contributed by atoms with E-state index in [0.717, 1.165) is 6.26 Å². The van der Waals surface area contributed by atoms with Crippen LogP contribution in [-0.2, 0) is 10.0 Å². The van der Waals surface area contributed by atoms with Gasteiger partial charge in [-0.25, -0.2) is 8.42 Å². The number of benzene rings is 1. The van der Waals surface area contributed by atoms with E-state index in [2.05, 4.69) is 15.4 Å². The first-order valence-corrected chi connectivity index (χ1v) is 8.14. The van der Waals surface area contributed by atoms with Gasteiger partial charge < -0.3 is 5.32 Å². The highest BCUT2D eigenvalue weighted by Gasteiger charge is 2.06. The Labute approximate surface area is 111 Å². The minimum absolute atomic E-state index is 0.261. The van der Waals surface area contributed by atoms with E-state index in [0.29, 0.717) is 11.4 Å². The molecule has 8 heteroatoms. The van der Waals surface area contributed by atoms with Gasteiger partial charge in [0, 0.05) is 5.69 Å². The highest BCUT2D eigenvalue weighted by atomic mass is 32.2. The highest BCUT2D eigenvalue weighted by Crippen LogP contribution is 2.18. The second kappa shape index (κ2) is 6.37. The van der Waals surface area contributed by atoms with Crippen LogP contribution in [0.2, 0.25) is 0 Å². The summed E-state index contributed by atoms with van der Waals surface area (Å²) in [4.78, 5) is 0. The minimum Gasteiger partial charge on any atom is -0.356 e. The van der Waals surface area contributed by atoms with Gasteiger partial charge in [-0.05, 0) is 24.5 Å². The SMILES string of the molecule is CSC(NC#N)Nc1cccc(NS(C)(=O)=O)c1. The van der Waals surface area contributed by atoms with Crippen LogP contribution in [0.4, 0.5) is 11.4 Å². The number of anilines is 2. The van der Waals surface area contributed by atoms with Gasteiger partial charge in [0.05, 0.1) is 11.9 Å².